The van der Waals surface area contributed by atoms with E-state index in [0.717, 1.165) is 24.4 Å². The SMILES string of the molecule is CC(C)(C)OCC(CC1CC2CCC1C2)NN. The molecule has 2 rings (SSSR count). The minimum Gasteiger partial charge on any atom is -0.374 e. The molecule has 0 aliphatic heterocycles. The standard InChI is InChI=1S/C14H28N2O/c1-14(2,3)17-9-13(16-15)8-12-7-10-4-5-11(12)6-10/h10-13,16H,4-9,15H2,1-3H3. The third-order valence-electron chi connectivity index (χ3n) is 4.43. The summed E-state index contributed by atoms with van der Waals surface area (Å²) in [7, 11) is 0. The first-order valence-corrected chi connectivity index (χ1v) is 7.08. The predicted molar refractivity (Wildman–Crippen MR) is 70.4 cm³/mol. The van der Waals surface area contributed by atoms with Crippen molar-refractivity contribution in [3.8, 4) is 0 Å². The maximum absolute atomic E-state index is 5.83. The van der Waals surface area contributed by atoms with Gasteiger partial charge in [-0.2, -0.15) is 0 Å². The van der Waals surface area contributed by atoms with Crippen LogP contribution in [-0.4, -0.2) is 18.2 Å². The zero-order chi connectivity index (χ0) is 12.5. The van der Waals surface area contributed by atoms with E-state index in [2.05, 4.69) is 26.2 Å². The molecule has 4 atom stereocenters. The quantitative estimate of drug-likeness (QED) is 0.573. The summed E-state index contributed by atoms with van der Waals surface area (Å²) in [5.74, 6) is 8.53. The van der Waals surface area contributed by atoms with Crippen LogP contribution in [-0.2, 0) is 4.74 Å². The third kappa shape index (κ3) is 3.67. The van der Waals surface area contributed by atoms with Crippen LogP contribution in [0.5, 0.6) is 0 Å². The molecule has 3 nitrogen and oxygen atoms in total. The first-order chi connectivity index (χ1) is 7.98. The second-order valence-electron chi connectivity index (χ2n) is 6.96. The molecule has 0 heterocycles. The van der Waals surface area contributed by atoms with Crippen LogP contribution in [0.15, 0.2) is 0 Å². The minimum atomic E-state index is -0.0657. The molecule has 2 saturated carbocycles. The lowest BCUT2D eigenvalue weighted by Crippen LogP contribution is -2.42. The van der Waals surface area contributed by atoms with Crippen LogP contribution in [0.25, 0.3) is 0 Å². The Balaban J connectivity index is 1.76. The second-order valence-corrected chi connectivity index (χ2v) is 6.96. The summed E-state index contributed by atoms with van der Waals surface area (Å²) in [6.07, 6.45) is 7.02. The lowest BCUT2D eigenvalue weighted by atomic mass is 9.84. The Bertz CT molecular complexity index is 249. The number of ether oxygens (including phenoxy) is 1. The van der Waals surface area contributed by atoms with Crippen LogP contribution >= 0.6 is 0 Å². The Kier molecular flexibility index (Phi) is 4.11. The van der Waals surface area contributed by atoms with Crippen LogP contribution < -0.4 is 11.3 Å². The van der Waals surface area contributed by atoms with E-state index < -0.39 is 0 Å². The Morgan fingerprint density at radius 2 is 2.06 bits per heavy atom. The number of nitrogens with two attached hydrogens (primary N) is 1. The molecular formula is C14H28N2O. The van der Waals surface area contributed by atoms with Crippen molar-refractivity contribution in [2.45, 2.75) is 64.5 Å². The van der Waals surface area contributed by atoms with Crippen LogP contribution in [0.2, 0.25) is 0 Å². The molecule has 0 radical (unpaired) electrons. The van der Waals surface area contributed by atoms with Gasteiger partial charge in [-0.25, -0.2) is 0 Å². The van der Waals surface area contributed by atoms with Gasteiger partial charge in [0.25, 0.3) is 0 Å². The first-order valence-electron chi connectivity index (χ1n) is 7.08. The number of nitrogens with one attached hydrogen (secondary N) is 1. The molecule has 0 amide bonds. The highest BCUT2D eigenvalue weighted by atomic mass is 16.5. The van der Waals surface area contributed by atoms with Gasteiger partial charge in [0, 0.05) is 6.04 Å². The fraction of sp³-hybridized carbons (Fsp3) is 1.00. The maximum Gasteiger partial charge on any atom is 0.0640 e. The highest BCUT2D eigenvalue weighted by molar-refractivity contribution is 4.91. The van der Waals surface area contributed by atoms with Gasteiger partial charge in [-0.15, -0.1) is 0 Å². The number of hydrogen-bond donors (Lipinski definition) is 2. The molecule has 2 bridgehead atoms. The molecule has 100 valence electrons. The molecular weight excluding hydrogens is 212 g/mol. The van der Waals surface area contributed by atoms with Crippen molar-refractivity contribution in [3.05, 3.63) is 0 Å². The van der Waals surface area contributed by atoms with Crippen molar-refractivity contribution in [2.75, 3.05) is 6.61 Å². The normalized spacial score (nSPS) is 34.2. The second kappa shape index (κ2) is 5.25. The molecule has 0 spiro atoms. The van der Waals surface area contributed by atoms with E-state index >= 15 is 0 Å². The predicted octanol–water partition coefficient (Wildman–Crippen LogP) is 2.46. The fourth-order valence-electron chi connectivity index (χ4n) is 3.57. The summed E-state index contributed by atoms with van der Waals surface area (Å²) in [5, 5.41) is 0. The molecule has 0 aromatic rings. The van der Waals surface area contributed by atoms with Crippen LogP contribution in [0.3, 0.4) is 0 Å². The van der Waals surface area contributed by atoms with Gasteiger partial charge in [-0.1, -0.05) is 6.42 Å². The Labute approximate surface area is 105 Å². The van der Waals surface area contributed by atoms with E-state index in [1.807, 2.05) is 0 Å². The van der Waals surface area contributed by atoms with Gasteiger partial charge in [0.1, 0.15) is 0 Å². The van der Waals surface area contributed by atoms with Crippen LogP contribution in [0, 0.1) is 17.8 Å². The summed E-state index contributed by atoms with van der Waals surface area (Å²) in [4.78, 5) is 0. The Hall–Kier alpha value is -0.120. The van der Waals surface area contributed by atoms with Crippen molar-refractivity contribution in [1.82, 2.24) is 5.43 Å². The van der Waals surface area contributed by atoms with Gasteiger partial charge in [-0.05, 0) is 64.2 Å². The zero-order valence-corrected chi connectivity index (χ0v) is 11.5. The lowest BCUT2D eigenvalue weighted by molar-refractivity contribution is -0.0183. The van der Waals surface area contributed by atoms with E-state index in [-0.39, 0.29) is 5.60 Å². The number of fused-ring (bicyclic) bond motifs is 2. The monoisotopic (exact) mass is 240 g/mol. The lowest BCUT2D eigenvalue weighted by Gasteiger charge is -2.28. The smallest absolute Gasteiger partial charge is 0.0640 e. The maximum atomic E-state index is 5.83. The molecule has 0 aromatic heterocycles. The van der Waals surface area contributed by atoms with Gasteiger partial charge in [0.2, 0.25) is 0 Å². The minimum absolute atomic E-state index is 0.0657. The van der Waals surface area contributed by atoms with Crippen molar-refractivity contribution in [1.29, 1.82) is 0 Å². The average Bonchev–Trinajstić information content (AvgIpc) is 2.84. The van der Waals surface area contributed by atoms with Gasteiger partial charge in [0.05, 0.1) is 12.2 Å². The van der Waals surface area contributed by atoms with Gasteiger partial charge >= 0.3 is 0 Å². The average molecular weight is 240 g/mol. The topological polar surface area (TPSA) is 47.3 Å². The number of hydrogen-bond acceptors (Lipinski definition) is 3. The zero-order valence-electron chi connectivity index (χ0n) is 11.5. The highest BCUT2D eigenvalue weighted by Crippen LogP contribution is 2.49. The fourth-order valence-corrected chi connectivity index (χ4v) is 3.57. The summed E-state index contributed by atoms with van der Waals surface area (Å²) >= 11 is 0. The number of rotatable bonds is 5. The van der Waals surface area contributed by atoms with E-state index in [4.69, 9.17) is 10.6 Å². The largest absolute Gasteiger partial charge is 0.374 e. The van der Waals surface area contributed by atoms with Gasteiger partial charge in [0.15, 0.2) is 0 Å². The van der Waals surface area contributed by atoms with Crippen molar-refractivity contribution in [2.24, 2.45) is 23.6 Å². The Morgan fingerprint density at radius 3 is 2.53 bits per heavy atom. The van der Waals surface area contributed by atoms with Crippen molar-refractivity contribution in [3.63, 3.8) is 0 Å². The molecule has 2 aliphatic carbocycles. The van der Waals surface area contributed by atoms with Crippen molar-refractivity contribution >= 4 is 0 Å². The highest BCUT2D eigenvalue weighted by Gasteiger charge is 2.40. The van der Waals surface area contributed by atoms with E-state index in [9.17, 15) is 0 Å². The summed E-state index contributed by atoms with van der Waals surface area (Å²) in [6, 6.07) is 0.318. The van der Waals surface area contributed by atoms with E-state index in [1.54, 1.807) is 0 Å². The van der Waals surface area contributed by atoms with Gasteiger partial charge < -0.3 is 4.74 Å². The molecule has 0 saturated heterocycles. The van der Waals surface area contributed by atoms with Gasteiger partial charge in [-0.3, -0.25) is 11.3 Å². The first kappa shape index (κ1) is 13.3. The molecule has 0 aromatic carbocycles. The van der Waals surface area contributed by atoms with Crippen LogP contribution in [0.4, 0.5) is 0 Å². The van der Waals surface area contributed by atoms with E-state index in [0.29, 0.717) is 6.04 Å². The molecule has 17 heavy (non-hydrogen) atoms. The molecule has 3 N–H and O–H groups in total. The third-order valence-corrected chi connectivity index (χ3v) is 4.43. The van der Waals surface area contributed by atoms with E-state index in [1.165, 1.54) is 32.1 Å². The molecule has 3 heteroatoms. The Morgan fingerprint density at radius 1 is 1.29 bits per heavy atom. The molecule has 2 aliphatic rings. The summed E-state index contributed by atoms with van der Waals surface area (Å²) < 4.78 is 5.83. The van der Waals surface area contributed by atoms with Crippen LogP contribution in [0.1, 0.15) is 52.9 Å². The molecule has 4 unspecified atom stereocenters. The van der Waals surface area contributed by atoms with Crippen molar-refractivity contribution < 1.29 is 4.74 Å². The molecule has 2 fully saturated rings. The summed E-state index contributed by atoms with van der Waals surface area (Å²) in [5.41, 5.74) is 2.87. The number of hydrazine groups is 1. The summed E-state index contributed by atoms with van der Waals surface area (Å²) in [6.45, 7) is 7.02.